The second-order valence-electron chi connectivity index (χ2n) is 5.93. The van der Waals surface area contributed by atoms with Gasteiger partial charge in [-0.3, -0.25) is 4.79 Å². The summed E-state index contributed by atoms with van der Waals surface area (Å²) in [5, 5.41) is 0.448. The molecule has 0 atom stereocenters. The molecule has 0 saturated heterocycles. The fraction of sp³-hybridized carbons (Fsp3) is 0.286. The van der Waals surface area contributed by atoms with Crippen molar-refractivity contribution in [2.75, 3.05) is 40.6 Å². The minimum Gasteiger partial charge on any atom is -0.493 e. The summed E-state index contributed by atoms with van der Waals surface area (Å²) in [6.45, 7) is 1.79. The van der Waals surface area contributed by atoms with E-state index in [0.717, 1.165) is 5.56 Å². The van der Waals surface area contributed by atoms with Gasteiger partial charge in [-0.05, 0) is 42.0 Å². The van der Waals surface area contributed by atoms with Crippen LogP contribution in [0.4, 0.5) is 0 Å². The van der Waals surface area contributed by atoms with Crippen molar-refractivity contribution in [1.29, 1.82) is 0 Å². The molecule has 3 rings (SSSR count). The second kappa shape index (κ2) is 9.48. The first-order valence-corrected chi connectivity index (χ1v) is 9.11. The number of carbonyl (C=O) groups excluding carboxylic acids is 1. The number of fused-ring (bicyclic) bond motifs is 1. The Labute approximate surface area is 168 Å². The summed E-state index contributed by atoms with van der Waals surface area (Å²) in [6.07, 6.45) is 3.16. The van der Waals surface area contributed by atoms with E-state index in [0.29, 0.717) is 60.0 Å². The summed E-state index contributed by atoms with van der Waals surface area (Å²) in [4.78, 5) is 12.5. The molecule has 0 spiro atoms. The number of hydrogen-bond donors (Lipinski definition) is 0. The highest BCUT2D eigenvalue weighted by Crippen LogP contribution is 2.38. The molecule has 0 aliphatic carbocycles. The highest BCUT2D eigenvalue weighted by molar-refractivity contribution is 6.32. The molecular weight excluding hydrogens is 384 g/mol. The third-order valence-electron chi connectivity index (χ3n) is 4.04. The van der Waals surface area contributed by atoms with Gasteiger partial charge in [-0.15, -0.1) is 0 Å². The molecule has 0 unspecified atom stereocenters. The lowest BCUT2D eigenvalue weighted by Gasteiger charge is -2.19. The van der Waals surface area contributed by atoms with E-state index in [9.17, 15) is 4.79 Å². The van der Waals surface area contributed by atoms with E-state index in [-0.39, 0.29) is 5.78 Å². The number of ether oxygens (including phenoxy) is 5. The molecule has 7 heteroatoms. The quantitative estimate of drug-likeness (QED) is 0.376. The van der Waals surface area contributed by atoms with E-state index in [2.05, 4.69) is 0 Å². The summed E-state index contributed by atoms with van der Waals surface area (Å²) in [7, 11) is 3.13. The minimum atomic E-state index is -0.173. The molecular formula is C21H21ClO6. The number of rotatable bonds is 8. The average Bonchev–Trinajstić information content (AvgIpc) is 2.72. The van der Waals surface area contributed by atoms with Gasteiger partial charge in [0, 0.05) is 12.7 Å². The Balaban J connectivity index is 1.74. The topological polar surface area (TPSA) is 63.2 Å². The van der Waals surface area contributed by atoms with E-state index in [1.165, 1.54) is 13.2 Å². The number of ketones is 1. The lowest BCUT2D eigenvalue weighted by molar-refractivity contribution is 0.104. The first-order valence-electron chi connectivity index (χ1n) is 8.73. The zero-order valence-electron chi connectivity index (χ0n) is 15.7. The lowest BCUT2D eigenvalue weighted by atomic mass is 10.1. The van der Waals surface area contributed by atoms with Crippen LogP contribution >= 0.6 is 11.6 Å². The molecule has 148 valence electrons. The summed E-state index contributed by atoms with van der Waals surface area (Å²) in [6, 6.07) is 8.56. The largest absolute Gasteiger partial charge is 0.493 e. The number of allylic oxidation sites excluding steroid dienone is 1. The Morgan fingerprint density at radius 3 is 2.71 bits per heavy atom. The van der Waals surface area contributed by atoms with Crippen molar-refractivity contribution in [3.63, 3.8) is 0 Å². The Kier molecular flexibility index (Phi) is 6.79. The van der Waals surface area contributed by atoms with Gasteiger partial charge in [0.25, 0.3) is 0 Å². The van der Waals surface area contributed by atoms with Gasteiger partial charge < -0.3 is 23.7 Å². The molecule has 0 aromatic heterocycles. The van der Waals surface area contributed by atoms with Crippen LogP contribution in [0.15, 0.2) is 36.4 Å². The van der Waals surface area contributed by atoms with Crippen molar-refractivity contribution in [3.05, 3.63) is 52.6 Å². The van der Waals surface area contributed by atoms with E-state index < -0.39 is 0 Å². The van der Waals surface area contributed by atoms with Crippen LogP contribution in [-0.2, 0) is 4.74 Å². The summed E-state index contributed by atoms with van der Waals surface area (Å²) >= 11 is 6.23. The first kappa shape index (κ1) is 20.0. The molecule has 1 aliphatic heterocycles. The number of halogens is 1. The van der Waals surface area contributed by atoms with Crippen LogP contribution in [0.1, 0.15) is 15.9 Å². The lowest BCUT2D eigenvalue weighted by Crippen LogP contribution is -2.15. The van der Waals surface area contributed by atoms with Gasteiger partial charge in [-0.25, -0.2) is 0 Å². The Bertz CT molecular complexity index is 877. The molecule has 0 N–H and O–H groups in total. The van der Waals surface area contributed by atoms with Gasteiger partial charge in [-0.1, -0.05) is 17.7 Å². The van der Waals surface area contributed by atoms with Crippen LogP contribution in [-0.4, -0.2) is 46.4 Å². The maximum Gasteiger partial charge on any atom is 0.185 e. The number of methoxy groups -OCH3 is 2. The molecule has 0 fully saturated rings. The smallest absolute Gasteiger partial charge is 0.185 e. The van der Waals surface area contributed by atoms with Crippen LogP contribution in [0.5, 0.6) is 23.0 Å². The summed E-state index contributed by atoms with van der Waals surface area (Å²) in [5.74, 6) is 1.97. The van der Waals surface area contributed by atoms with E-state index in [1.54, 1.807) is 43.5 Å². The van der Waals surface area contributed by atoms with Gasteiger partial charge in [0.15, 0.2) is 28.8 Å². The predicted molar refractivity (Wildman–Crippen MR) is 106 cm³/mol. The molecule has 0 radical (unpaired) electrons. The van der Waals surface area contributed by atoms with Crippen molar-refractivity contribution in [1.82, 2.24) is 0 Å². The zero-order valence-corrected chi connectivity index (χ0v) is 16.5. The fourth-order valence-electron chi connectivity index (χ4n) is 2.67. The standard InChI is InChI=1S/C21H21ClO6/c1-24-7-8-26-18-6-4-15(13-19(18)25-2)17(23)5-3-14-11-16(22)21-20(12-14)27-9-10-28-21/h3-6,11-13H,7-10H2,1-2H3/b5-3+. The zero-order chi connectivity index (χ0) is 19.9. The van der Waals surface area contributed by atoms with Crippen molar-refractivity contribution in [2.45, 2.75) is 0 Å². The van der Waals surface area contributed by atoms with Crippen LogP contribution < -0.4 is 18.9 Å². The van der Waals surface area contributed by atoms with Crippen LogP contribution in [0.3, 0.4) is 0 Å². The maximum absolute atomic E-state index is 12.5. The SMILES string of the molecule is COCCOc1ccc(C(=O)/C=C/c2cc(Cl)c3c(c2)OCCO3)cc1OC. The number of hydrogen-bond acceptors (Lipinski definition) is 6. The normalized spacial score (nSPS) is 12.8. The average molecular weight is 405 g/mol. The van der Waals surface area contributed by atoms with Crippen molar-refractivity contribution >= 4 is 23.5 Å². The van der Waals surface area contributed by atoms with Crippen LogP contribution in [0.25, 0.3) is 6.08 Å². The van der Waals surface area contributed by atoms with E-state index >= 15 is 0 Å². The molecule has 2 aromatic carbocycles. The molecule has 0 saturated carbocycles. The minimum absolute atomic E-state index is 0.173. The monoisotopic (exact) mass is 404 g/mol. The Morgan fingerprint density at radius 2 is 1.93 bits per heavy atom. The van der Waals surface area contributed by atoms with Gasteiger partial charge in [0.05, 0.1) is 18.7 Å². The molecule has 1 aliphatic rings. The third-order valence-corrected chi connectivity index (χ3v) is 4.32. The van der Waals surface area contributed by atoms with Crippen molar-refractivity contribution in [3.8, 4) is 23.0 Å². The second-order valence-corrected chi connectivity index (χ2v) is 6.34. The molecule has 6 nitrogen and oxygen atoms in total. The van der Waals surface area contributed by atoms with Gasteiger partial charge in [0.1, 0.15) is 19.8 Å². The van der Waals surface area contributed by atoms with Crippen molar-refractivity contribution in [2.24, 2.45) is 0 Å². The molecule has 0 amide bonds. The van der Waals surface area contributed by atoms with E-state index in [4.69, 9.17) is 35.3 Å². The highest BCUT2D eigenvalue weighted by Gasteiger charge is 2.16. The number of benzene rings is 2. The first-order chi connectivity index (χ1) is 13.6. The maximum atomic E-state index is 12.5. The van der Waals surface area contributed by atoms with Gasteiger partial charge in [-0.2, -0.15) is 0 Å². The highest BCUT2D eigenvalue weighted by atomic mass is 35.5. The molecule has 2 aromatic rings. The fourth-order valence-corrected chi connectivity index (χ4v) is 2.94. The Hall–Kier alpha value is -2.70. The van der Waals surface area contributed by atoms with Gasteiger partial charge in [0.2, 0.25) is 0 Å². The predicted octanol–water partition coefficient (Wildman–Crippen LogP) is 4.04. The Morgan fingerprint density at radius 1 is 1.11 bits per heavy atom. The molecule has 1 heterocycles. The molecule has 0 bridgehead atoms. The van der Waals surface area contributed by atoms with Gasteiger partial charge >= 0.3 is 0 Å². The molecule has 28 heavy (non-hydrogen) atoms. The van der Waals surface area contributed by atoms with Crippen LogP contribution in [0, 0.1) is 0 Å². The van der Waals surface area contributed by atoms with E-state index in [1.807, 2.05) is 0 Å². The summed E-state index contributed by atoms with van der Waals surface area (Å²) < 4.78 is 26.9. The van der Waals surface area contributed by atoms with Crippen LogP contribution in [0.2, 0.25) is 5.02 Å². The number of carbonyl (C=O) groups is 1. The third kappa shape index (κ3) is 4.77. The van der Waals surface area contributed by atoms with Crippen molar-refractivity contribution < 1.29 is 28.5 Å². The summed E-state index contributed by atoms with van der Waals surface area (Å²) in [5.41, 5.74) is 1.23.